The third kappa shape index (κ3) is 3.81. The van der Waals surface area contributed by atoms with Gasteiger partial charge in [0.15, 0.2) is 0 Å². The summed E-state index contributed by atoms with van der Waals surface area (Å²) in [6, 6.07) is 9.08. The molecule has 1 aliphatic heterocycles. The summed E-state index contributed by atoms with van der Waals surface area (Å²) in [5, 5.41) is 7.74. The number of rotatable bonds is 6. The average molecular weight is 289 g/mol. The fourth-order valence-corrected chi connectivity index (χ4v) is 2.52. The van der Waals surface area contributed by atoms with Gasteiger partial charge in [0.1, 0.15) is 5.54 Å². The van der Waals surface area contributed by atoms with Gasteiger partial charge in [-0.05, 0) is 18.4 Å². The van der Waals surface area contributed by atoms with E-state index in [1.807, 2.05) is 30.3 Å². The molecule has 6 heteroatoms. The molecule has 21 heavy (non-hydrogen) atoms. The van der Waals surface area contributed by atoms with Gasteiger partial charge in [-0.15, -0.1) is 0 Å². The second kappa shape index (κ2) is 6.39. The molecule has 1 aromatic carbocycles. The average Bonchev–Trinajstić information content (AvgIpc) is 2.70. The molecule has 0 spiro atoms. The Morgan fingerprint density at radius 2 is 1.95 bits per heavy atom. The second-order valence-corrected chi connectivity index (χ2v) is 5.24. The summed E-state index contributed by atoms with van der Waals surface area (Å²) in [5.41, 5.74) is 0.0473. The van der Waals surface area contributed by atoms with Crippen molar-refractivity contribution >= 4 is 17.8 Å². The fraction of sp³-hybridized carbons (Fsp3) is 0.400. The molecule has 0 saturated carbocycles. The SMILES string of the molecule is CC(=O)NCCCC1(Cc2ccccc2)NC(=O)NC1=O. The van der Waals surface area contributed by atoms with Crippen LogP contribution in [0.1, 0.15) is 25.3 Å². The summed E-state index contributed by atoms with van der Waals surface area (Å²) in [6.45, 7) is 1.93. The number of benzene rings is 1. The van der Waals surface area contributed by atoms with Crippen molar-refractivity contribution in [3.05, 3.63) is 35.9 Å². The monoisotopic (exact) mass is 289 g/mol. The molecule has 4 amide bonds. The summed E-state index contributed by atoms with van der Waals surface area (Å²) in [6.07, 6.45) is 1.52. The van der Waals surface area contributed by atoms with Crippen molar-refractivity contribution in [2.75, 3.05) is 6.54 Å². The molecule has 1 saturated heterocycles. The quantitative estimate of drug-likeness (QED) is 0.533. The van der Waals surface area contributed by atoms with Crippen LogP contribution in [0, 0.1) is 0 Å². The molecule has 3 N–H and O–H groups in total. The predicted octanol–water partition coefficient (Wildman–Crippen LogP) is 0.724. The Labute approximate surface area is 123 Å². The summed E-state index contributed by atoms with van der Waals surface area (Å²) in [7, 11) is 0. The van der Waals surface area contributed by atoms with Crippen molar-refractivity contribution in [3.8, 4) is 0 Å². The van der Waals surface area contributed by atoms with Gasteiger partial charge >= 0.3 is 6.03 Å². The number of carbonyl (C=O) groups excluding carboxylic acids is 3. The van der Waals surface area contributed by atoms with E-state index in [9.17, 15) is 14.4 Å². The molecule has 0 bridgehead atoms. The van der Waals surface area contributed by atoms with E-state index in [-0.39, 0.29) is 11.8 Å². The molecule has 0 aromatic heterocycles. The fourth-order valence-electron chi connectivity index (χ4n) is 2.52. The van der Waals surface area contributed by atoms with Gasteiger partial charge < -0.3 is 10.6 Å². The largest absolute Gasteiger partial charge is 0.356 e. The van der Waals surface area contributed by atoms with Gasteiger partial charge in [-0.1, -0.05) is 30.3 Å². The van der Waals surface area contributed by atoms with E-state index in [1.54, 1.807) is 0 Å². The van der Waals surface area contributed by atoms with Crippen LogP contribution < -0.4 is 16.0 Å². The van der Waals surface area contributed by atoms with E-state index in [2.05, 4.69) is 16.0 Å². The number of urea groups is 1. The minimum absolute atomic E-state index is 0.105. The number of hydrogen-bond acceptors (Lipinski definition) is 3. The van der Waals surface area contributed by atoms with Crippen molar-refractivity contribution < 1.29 is 14.4 Å². The van der Waals surface area contributed by atoms with Gasteiger partial charge in [-0.25, -0.2) is 4.79 Å². The summed E-state index contributed by atoms with van der Waals surface area (Å²) in [4.78, 5) is 34.5. The van der Waals surface area contributed by atoms with E-state index >= 15 is 0 Å². The standard InChI is InChI=1S/C15H19N3O3/c1-11(19)16-9-5-8-15(13(20)17-14(21)18-15)10-12-6-3-2-4-7-12/h2-4,6-7H,5,8-10H2,1H3,(H,16,19)(H2,17,18,20,21). The van der Waals surface area contributed by atoms with Gasteiger partial charge in [-0.2, -0.15) is 0 Å². The highest BCUT2D eigenvalue weighted by Gasteiger charge is 2.45. The van der Waals surface area contributed by atoms with Gasteiger partial charge in [0.25, 0.3) is 5.91 Å². The molecule has 1 atom stereocenters. The maximum absolute atomic E-state index is 12.2. The second-order valence-electron chi connectivity index (χ2n) is 5.24. The minimum Gasteiger partial charge on any atom is -0.356 e. The van der Waals surface area contributed by atoms with Crippen LogP contribution in [0.5, 0.6) is 0 Å². The van der Waals surface area contributed by atoms with E-state index < -0.39 is 11.6 Å². The van der Waals surface area contributed by atoms with Crippen LogP contribution in [0.3, 0.4) is 0 Å². The van der Waals surface area contributed by atoms with Crippen molar-refractivity contribution in [2.45, 2.75) is 31.7 Å². The van der Waals surface area contributed by atoms with Crippen LogP contribution in [0.4, 0.5) is 4.79 Å². The molecule has 1 fully saturated rings. The molecule has 6 nitrogen and oxygen atoms in total. The highest BCUT2D eigenvalue weighted by molar-refractivity contribution is 6.07. The third-order valence-corrected chi connectivity index (χ3v) is 3.52. The first-order chi connectivity index (χ1) is 10.0. The first kappa shape index (κ1) is 15.0. The molecule has 0 aliphatic carbocycles. The first-order valence-electron chi connectivity index (χ1n) is 6.94. The number of carbonyl (C=O) groups is 3. The number of hydrogen-bond donors (Lipinski definition) is 3. The van der Waals surface area contributed by atoms with Crippen molar-refractivity contribution in [1.29, 1.82) is 0 Å². The van der Waals surface area contributed by atoms with Gasteiger partial charge in [-0.3, -0.25) is 14.9 Å². The maximum Gasteiger partial charge on any atom is 0.322 e. The van der Waals surface area contributed by atoms with Crippen LogP contribution in [-0.4, -0.2) is 29.9 Å². The van der Waals surface area contributed by atoms with Crippen molar-refractivity contribution in [3.63, 3.8) is 0 Å². The Morgan fingerprint density at radius 3 is 2.52 bits per heavy atom. The zero-order chi connectivity index (χ0) is 15.3. The Bertz CT molecular complexity index is 544. The summed E-state index contributed by atoms with van der Waals surface area (Å²) < 4.78 is 0. The lowest BCUT2D eigenvalue weighted by Crippen LogP contribution is -2.49. The molecule has 112 valence electrons. The lowest BCUT2D eigenvalue weighted by Gasteiger charge is -2.26. The third-order valence-electron chi connectivity index (χ3n) is 3.52. The highest BCUT2D eigenvalue weighted by atomic mass is 16.2. The Kier molecular flexibility index (Phi) is 4.57. The Hall–Kier alpha value is -2.37. The molecule has 1 aliphatic rings. The van der Waals surface area contributed by atoms with Crippen molar-refractivity contribution in [1.82, 2.24) is 16.0 Å². The minimum atomic E-state index is -0.934. The smallest absolute Gasteiger partial charge is 0.322 e. The lowest BCUT2D eigenvalue weighted by atomic mass is 9.86. The number of imide groups is 1. The first-order valence-corrected chi connectivity index (χ1v) is 6.94. The molecule has 1 unspecified atom stereocenters. The topological polar surface area (TPSA) is 87.3 Å². The zero-order valence-electron chi connectivity index (χ0n) is 11.9. The maximum atomic E-state index is 12.2. The van der Waals surface area contributed by atoms with Gasteiger partial charge in [0.2, 0.25) is 5.91 Å². The van der Waals surface area contributed by atoms with Crippen molar-refractivity contribution in [2.24, 2.45) is 0 Å². The lowest BCUT2D eigenvalue weighted by molar-refractivity contribution is -0.124. The molecule has 1 heterocycles. The number of amides is 4. The van der Waals surface area contributed by atoms with Crippen LogP contribution in [0.25, 0.3) is 0 Å². The van der Waals surface area contributed by atoms with E-state index in [1.165, 1.54) is 6.92 Å². The van der Waals surface area contributed by atoms with E-state index in [4.69, 9.17) is 0 Å². The van der Waals surface area contributed by atoms with Gasteiger partial charge in [0.05, 0.1) is 0 Å². The molecular formula is C15H19N3O3. The van der Waals surface area contributed by atoms with Crippen LogP contribution in [0.15, 0.2) is 30.3 Å². The molecule has 2 rings (SSSR count). The zero-order valence-corrected chi connectivity index (χ0v) is 11.9. The molecular weight excluding hydrogens is 270 g/mol. The highest BCUT2D eigenvalue weighted by Crippen LogP contribution is 2.23. The Balaban J connectivity index is 2.06. The van der Waals surface area contributed by atoms with Gasteiger partial charge in [0, 0.05) is 19.9 Å². The molecule has 0 radical (unpaired) electrons. The van der Waals surface area contributed by atoms with Crippen LogP contribution in [-0.2, 0) is 16.0 Å². The Morgan fingerprint density at radius 1 is 1.24 bits per heavy atom. The summed E-state index contributed by atoms with van der Waals surface area (Å²) >= 11 is 0. The van der Waals surface area contributed by atoms with Crippen LogP contribution >= 0.6 is 0 Å². The number of nitrogens with one attached hydrogen (secondary N) is 3. The molecule has 1 aromatic rings. The van der Waals surface area contributed by atoms with E-state index in [0.717, 1.165) is 5.56 Å². The summed E-state index contributed by atoms with van der Waals surface area (Å²) in [5.74, 6) is -0.411. The van der Waals surface area contributed by atoms with Crippen LogP contribution in [0.2, 0.25) is 0 Å². The van der Waals surface area contributed by atoms with E-state index in [0.29, 0.717) is 25.8 Å². The normalized spacial score (nSPS) is 20.8. The predicted molar refractivity (Wildman–Crippen MR) is 77.5 cm³/mol.